The summed E-state index contributed by atoms with van der Waals surface area (Å²) >= 11 is 0. The van der Waals surface area contributed by atoms with Gasteiger partial charge in [0.25, 0.3) is 0 Å². The third-order valence-electron chi connectivity index (χ3n) is 5.04. The molecule has 1 N–H and O–H groups in total. The van der Waals surface area contributed by atoms with Crippen LogP contribution in [-0.4, -0.2) is 38.4 Å². The maximum Gasteiger partial charge on any atom is 0.573 e. The van der Waals surface area contributed by atoms with Gasteiger partial charge in [-0.2, -0.15) is 5.10 Å². The molecule has 0 aliphatic rings. The standard InChI is InChI=1S/C23H20F3N3O4/c1-28-17(12-20(27-28)15-2-5-18(6-3-15)33-23(24,25)26)9-11-32-19-7-4-16-8-10-29(14-22(30)31)21(16)13-19/h2-8,10,12-13H,9,11,14H2,1H3,(H,30,31). The molecule has 0 unspecified atom stereocenters. The maximum atomic E-state index is 12.3. The molecule has 0 spiro atoms. The molecule has 0 fully saturated rings. The second kappa shape index (κ2) is 8.89. The molecule has 0 amide bonds. The van der Waals surface area contributed by atoms with Crippen LogP contribution in [0.5, 0.6) is 11.5 Å². The van der Waals surface area contributed by atoms with Gasteiger partial charge in [-0.3, -0.25) is 9.48 Å². The van der Waals surface area contributed by atoms with E-state index in [2.05, 4.69) is 9.84 Å². The molecule has 2 aromatic carbocycles. The van der Waals surface area contributed by atoms with Crippen molar-refractivity contribution in [3.63, 3.8) is 0 Å². The number of carbonyl (C=O) groups is 1. The molecule has 0 saturated carbocycles. The van der Waals surface area contributed by atoms with Crippen LogP contribution < -0.4 is 9.47 Å². The Morgan fingerprint density at radius 1 is 1.06 bits per heavy atom. The zero-order valence-corrected chi connectivity index (χ0v) is 17.5. The van der Waals surface area contributed by atoms with Gasteiger partial charge < -0.3 is 19.1 Å². The molecule has 7 nitrogen and oxygen atoms in total. The highest BCUT2D eigenvalue weighted by molar-refractivity contribution is 5.83. The van der Waals surface area contributed by atoms with Gasteiger partial charge in [-0.05, 0) is 53.9 Å². The Kier molecular flexibility index (Phi) is 5.99. The average molecular weight is 459 g/mol. The first kappa shape index (κ1) is 22.3. The Morgan fingerprint density at radius 3 is 2.48 bits per heavy atom. The number of hydrogen-bond acceptors (Lipinski definition) is 4. The van der Waals surface area contributed by atoms with Gasteiger partial charge in [0, 0.05) is 37.0 Å². The minimum absolute atomic E-state index is 0.131. The SMILES string of the molecule is Cn1nc(-c2ccc(OC(F)(F)F)cc2)cc1CCOc1ccc2ccn(CC(=O)O)c2c1. The lowest BCUT2D eigenvalue weighted by Crippen LogP contribution is -2.16. The number of rotatable bonds is 8. The topological polar surface area (TPSA) is 78.5 Å². The summed E-state index contributed by atoms with van der Waals surface area (Å²) in [4.78, 5) is 11.0. The van der Waals surface area contributed by atoms with Gasteiger partial charge in [0.05, 0.1) is 17.8 Å². The summed E-state index contributed by atoms with van der Waals surface area (Å²) < 4.78 is 50.0. The van der Waals surface area contributed by atoms with Crippen LogP contribution in [0.4, 0.5) is 13.2 Å². The third-order valence-corrected chi connectivity index (χ3v) is 5.04. The van der Waals surface area contributed by atoms with Gasteiger partial charge in [0.1, 0.15) is 18.0 Å². The van der Waals surface area contributed by atoms with Crippen molar-refractivity contribution in [3.05, 3.63) is 66.5 Å². The van der Waals surface area contributed by atoms with Crippen molar-refractivity contribution in [2.45, 2.75) is 19.3 Å². The van der Waals surface area contributed by atoms with Crippen molar-refractivity contribution < 1.29 is 32.5 Å². The zero-order valence-electron chi connectivity index (χ0n) is 17.5. The summed E-state index contributed by atoms with van der Waals surface area (Å²) in [7, 11) is 1.78. The Labute approximate surface area is 186 Å². The number of hydrogen-bond donors (Lipinski definition) is 1. The molecule has 0 atom stereocenters. The third kappa shape index (κ3) is 5.46. The number of aliphatic carboxylic acids is 1. The van der Waals surface area contributed by atoms with Crippen molar-refractivity contribution in [1.82, 2.24) is 14.3 Å². The number of benzene rings is 2. The van der Waals surface area contributed by atoms with Crippen LogP contribution in [-0.2, 0) is 24.8 Å². The predicted molar refractivity (Wildman–Crippen MR) is 114 cm³/mol. The van der Waals surface area contributed by atoms with Crippen molar-refractivity contribution >= 4 is 16.9 Å². The first-order chi connectivity index (χ1) is 15.7. The molecule has 0 aliphatic carbocycles. The molecule has 0 saturated heterocycles. The Morgan fingerprint density at radius 2 is 1.79 bits per heavy atom. The molecule has 0 radical (unpaired) electrons. The van der Waals surface area contributed by atoms with Crippen LogP contribution in [0.3, 0.4) is 0 Å². The lowest BCUT2D eigenvalue weighted by molar-refractivity contribution is -0.274. The lowest BCUT2D eigenvalue weighted by Gasteiger charge is -2.08. The van der Waals surface area contributed by atoms with Crippen LogP contribution in [0.2, 0.25) is 0 Å². The summed E-state index contributed by atoms with van der Waals surface area (Å²) in [5.74, 6) is -0.592. The average Bonchev–Trinajstić information content (AvgIpc) is 3.30. The lowest BCUT2D eigenvalue weighted by atomic mass is 10.1. The monoisotopic (exact) mass is 459 g/mol. The first-order valence-corrected chi connectivity index (χ1v) is 10.0. The van der Waals surface area contributed by atoms with Crippen molar-refractivity contribution in [2.75, 3.05) is 6.61 Å². The molecule has 172 valence electrons. The van der Waals surface area contributed by atoms with Crippen LogP contribution in [0, 0.1) is 0 Å². The number of nitrogens with zero attached hydrogens (tertiary/aromatic N) is 3. The van der Waals surface area contributed by atoms with Crippen LogP contribution >= 0.6 is 0 Å². The molecule has 2 aromatic heterocycles. The highest BCUT2D eigenvalue weighted by atomic mass is 19.4. The van der Waals surface area contributed by atoms with Crippen LogP contribution in [0.1, 0.15) is 5.69 Å². The molecular weight excluding hydrogens is 439 g/mol. The predicted octanol–water partition coefficient (Wildman–Crippen LogP) is 4.65. The van der Waals surface area contributed by atoms with Gasteiger partial charge in [-0.1, -0.05) is 0 Å². The number of fused-ring (bicyclic) bond motifs is 1. The number of carboxylic acid groups (broad SMARTS) is 1. The largest absolute Gasteiger partial charge is 0.573 e. The Balaban J connectivity index is 1.40. The van der Waals surface area contributed by atoms with E-state index in [9.17, 15) is 18.0 Å². The number of carboxylic acids is 1. The Bertz CT molecular complexity index is 1280. The van der Waals surface area contributed by atoms with Crippen LogP contribution in [0.25, 0.3) is 22.2 Å². The molecule has 4 aromatic rings. The zero-order chi connectivity index (χ0) is 23.6. The van der Waals surface area contributed by atoms with Crippen molar-refractivity contribution in [2.24, 2.45) is 7.05 Å². The second-order valence-corrected chi connectivity index (χ2v) is 7.37. The van der Waals surface area contributed by atoms with E-state index in [1.807, 2.05) is 24.3 Å². The van der Waals surface area contributed by atoms with Crippen molar-refractivity contribution in [1.29, 1.82) is 0 Å². The number of halogens is 3. The molecule has 33 heavy (non-hydrogen) atoms. The molecular formula is C23H20F3N3O4. The highest BCUT2D eigenvalue weighted by Gasteiger charge is 2.31. The van der Waals surface area contributed by atoms with Gasteiger partial charge in [-0.15, -0.1) is 13.2 Å². The van der Waals surface area contributed by atoms with Crippen LogP contribution in [0.15, 0.2) is 60.8 Å². The van der Waals surface area contributed by atoms with E-state index < -0.39 is 12.3 Å². The quantitative estimate of drug-likeness (QED) is 0.415. The molecule has 0 aliphatic heterocycles. The molecule has 2 heterocycles. The molecule has 10 heteroatoms. The highest BCUT2D eigenvalue weighted by Crippen LogP contribution is 2.27. The fraction of sp³-hybridized carbons (Fsp3) is 0.217. The smallest absolute Gasteiger partial charge is 0.493 e. The number of alkyl halides is 3. The second-order valence-electron chi connectivity index (χ2n) is 7.37. The Hall–Kier alpha value is -3.95. The molecule has 4 rings (SSSR count). The fourth-order valence-corrected chi connectivity index (χ4v) is 3.52. The van der Waals surface area contributed by atoms with Gasteiger partial charge in [0.15, 0.2) is 0 Å². The summed E-state index contributed by atoms with van der Waals surface area (Å²) in [6.45, 7) is 0.233. The minimum atomic E-state index is -4.73. The van der Waals surface area contributed by atoms with E-state index in [0.717, 1.165) is 16.6 Å². The van der Waals surface area contributed by atoms with Gasteiger partial charge in [0.2, 0.25) is 0 Å². The van der Waals surface area contributed by atoms with Gasteiger partial charge >= 0.3 is 12.3 Å². The van der Waals surface area contributed by atoms with E-state index in [-0.39, 0.29) is 12.3 Å². The number of ether oxygens (including phenoxy) is 2. The van der Waals surface area contributed by atoms with E-state index >= 15 is 0 Å². The van der Waals surface area contributed by atoms with Crippen molar-refractivity contribution in [3.8, 4) is 22.8 Å². The van der Waals surface area contributed by atoms with Gasteiger partial charge in [-0.25, -0.2) is 0 Å². The fourth-order valence-electron chi connectivity index (χ4n) is 3.52. The van der Waals surface area contributed by atoms with E-state index in [0.29, 0.717) is 30.0 Å². The first-order valence-electron chi connectivity index (χ1n) is 10.0. The maximum absolute atomic E-state index is 12.3. The normalized spacial score (nSPS) is 11.6. The number of aromatic nitrogens is 3. The summed E-state index contributed by atoms with van der Waals surface area (Å²) in [5.41, 5.74) is 2.95. The molecule has 0 bridgehead atoms. The summed E-state index contributed by atoms with van der Waals surface area (Å²) in [6, 6.07) is 14.7. The summed E-state index contributed by atoms with van der Waals surface area (Å²) in [5, 5.41) is 14.4. The number of aryl methyl sites for hydroxylation is 1. The van der Waals surface area contributed by atoms with E-state index in [1.54, 1.807) is 28.6 Å². The summed E-state index contributed by atoms with van der Waals surface area (Å²) in [6.07, 6.45) is -2.46. The minimum Gasteiger partial charge on any atom is -0.493 e. The van der Waals surface area contributed by atoms with E-state index in [1.165, 1.54) is 24.3 Å². The van der Waals surface area contributed by atoms with E-state index in [4.69, 9.17) is 9.84 Å².